The van der Waals surface area contributed by atoms with Gasteiger partial charge in [-0.1, -0.05) is 12.1 Å². The second kappa shape index (κ2) is 6.22. The molecule has 146 valence electrons. The molecule has 1 aliphatic rings. The van der Waals surface area contributed by atoms with E-state index in [-0.39, 0.29) is 18.7 Å². The van der Waals surface area contributed by atoms with Gasteiger partial charge in [0, 0.05) is 17.0 Å². The number of aryl methyl sites for hydroxylation is 2. The second-order valence-corrected chi connectivity index (χ2v) is 6.77. The van der Waals surface area contributed by atoms with Crippen molar-refractivity contribution in [2.24, 2.45) is 0 Å². The lowest BCUT2D eigenvalue weighted by Crippen LogP contribution is -2.27. The van der Waals surface area contributed by atoms with Crippen LogP contribution in [0.15, 0.2) is 24.3 Å². The molecular formula is C19H17F3N4O2. The molecule has 1 amide bonds. The Hall–Kier alpha value is -3.10. The van der Waals surface area contributed by atoms with Crippen LogP contribution in [0.2, 0.25) is 0 Å². The van der Waals surface area contributed by atoms with Gasteiger partial charge in [-0.2, -0.15) is 5.10 Å². The van der Waals surface area contributed by atoms with Gasteiger partial charge in [-0.05, 0) is 38.5 Å². The minimum atomic E-state index is -4.87. The molecule has 0 saturated carbocycles. The maximum absolute atomic E-state index is 12.9. The fourth-order valence-electron chi connectivity index (χ4n) is 3.38. The highest BCUT2D eigenvalue weighted by Crippen LogP contribution is 2.32. The SMILES string of the molecule is Cc1nc2c3c(nn2c(C)c1C)CN(C(=O)c1ccccc1OC(F)(F)F)C3. The summed E-state index contributed by atoms with van der Waals surface area (Å²) in [4.78, 5) is 18.9. The third-order valence-corrected chi connectivity index (χ3v) is 5.04. The molecule has 6 nitrogen and oxygen atoms in total. The lowest BCUT2D eigenvalue weighted by molar-refractivity contribution is -0.274. The average molecular weight is 390 g/mol. The summed E-state index contributed by atoms with van der Waals surface area (Å²) in [5.74, 6) is -1.06. The van der Waals surface area contributed by atoms with Crippen LogP contribution in [0.5, 0.6) is 5.75 Å². The van der Waals surface area contributed by atoms with Crippen LogP contribution in [-0.2, 0) is 13.1 Å². The molecule has 9 heteroatoms. The molecule has 0 aliphatic carbocycles. The summed E-state index contributed by atoms with van der Waals surface area (Å²) < 4.78 is 43.7. The van der Waals surface area contributed by atoms with Gasteiger partial charge in [-0.25, -0.2) is 9.50 Å². The molecule has 4 rings (SSSR count). The molecule has 2 aromatic heterocycles. The van der Waals surface area contributed by atoms with Crippen LogP contribution in [0.3, 0.4) is 0 Å². The molecule has 0 bridgehead atoms. The van der Waals surface area contributed by atoms with Crippen LogP contribution in [0.4, 0.5) is 13.2 Å². The first-order chi connectivity index (χ1) is 13.2. The minimum absolute atomic E-state index is 0.141. The number of aromatic nitrogens is 3. The third-order valence-electron chi connectivity index (χ3n) is 5.04. The monoisotopic (exact) mass is 390 g/mol. The zero-order valence-electron chi connectivity index (χ0n) is 15.5. The summed E-state index contributed by atoms with van der Waals surface area (Å²) in [6.45, 7) is 6.26. The first-order valence-electron chi connectivity index (χ1n) is 8.64. The highest BCUT2D eigenvalue weighted by Gasteiger charge is 2.35. The Labute approximate surface area is 158 Å². The van der Waals surface area contributed by atoms with Crippen molar-refractivity contribution in [1.29, 1.82) is 0 Å². The highest BCUT2D eigenvalue weighted by molar-refractivity contribution is 5.97. The number of amides is 1. The molecule has 0 atom stereocenters. The van der Waals surface area contributed by atoms with Crippen molar-refractivity contribution in [2.45, 2.75) is 40.2 Å². The number of para-hydroxylation sites is 1. The van der Waals surface area contributed by atoms with E-state index in [0.717, 1.165) is 28.6 Å². The third kappa shape index (κ3) is 2.96. The summed E-state index contributed by atoms with van der Waals surface area (Å²) in [6, 6.07) is 5.34. The molecule has 3 heterocycles. The molecular weight excluding hydrogens is 373 g/mol. The van der Waals surface area contributed by atoms with Crippen LogP contribution < -0.4 is 4.74 Å². The zero-order valence-corrected chi connectivity index (χ0v) is 15.5. The van der Waals surface area contributed by atoms with E-state index in [1.54, 1.807) is 4.52 Å². The molecule has 3 aromatic rings. The van der Waals surface area contributed by atoms with Gasteiger partial charge < -0.3 is 9.64 Å². The number of hydrogen-bond acceptors (Lipinski definition) is 4. The molecule has 1 aliphatic heterocycles. The van der Waals surface area contributed by atoms with Crippen molar-refractivity contribution in [3.63, 3.8) is 0 Å². The maximum atomic E-state index is 12.9. The van der Waals surface area contributed by atoms with E-state index in [1.807, 2.05) is 20.8 Å². The van der Waals surface area contributed by atoms with Gasteiger partial charge in [0.2, 0.25) is 0 Å². The van der Waals surface area contributed by atoms with Crippen molar-refractivity contribution < 1.29 is 22.7 Å². The van der Waals surface area contributed by atoms with E-state index in [2.05, 4.69) is 14.8 Å². The van der Waals surface area contributed by atoms with E-state index in [0.29, 0.717) is 11.3 Å². The van der Waals surface area contributed by atoms with Crippen molar-refractivity contribution >= 4 is 11.6 Å². The molecule has 28 heavy (non-hydrogen) atoms. The summed E-state index contributed by atoms with van der Waals surface area (Å²) >= 11 is 0. The van der Waals surface area contributed by atoms with E-state index in [9.17, 15) is 18.0 Å². The molecule has 0 fully saturated rings. The van der Waals surface area contributed by atoms with E-state index < -0.39 is 18.0 Å². The molecule has 0 unspecified atom stereocenters. The predicted molar refractivity (Wildman–Crippen MR) is 93.9 cm³/mol. The second-order valence-electron chi connectivity index (χ2n) is 6.77. The van der Waals surface area contributed by atoms with E-state index in [1.165, 1.54) is 23.1 Å². The number of alkyl halides is 3. The quantitative estimate of drug-likeness (QED) is 0.669. The number of carbonyl (C=O) groups is 1. The van der Waals surface area contributed by atoms with Crippen LogP contribution >= 0.6 is 0 Å². The molecule has 0 spiro atoms. The van der Waals surface area contributed by atoms with Crippen LogP contribution in [0.1, 0.15) is 38.6 Å². The first kappa shape index (κ1) is 18.3. The lowest BCUT2D eigenvalue weighted by Gasteiger charge is -2.19. The van der Waals surface area contributed by atoms with Crippen LogP contribution in [0.25, 0.3) is 5.65 Å². The topological polar surface area (TPSA) is 59.7 Å². The summed E-state index contributed by atoms with van der Waals surface area (Å²) in [5.41, 5.74) is 4.93. The normalized spacial score (nSPS) is 13.9. The Morgan fingerprint density at radius 2 is 1.86 bits per heavy atom. The number of halogens is 3. The smallest absolute Gasteiger partial charge is 0.405 e. The summed E-state index contributed by atoms with van der Waals surface area (Å²) in [6.07, 6.45) is -4.87. The van der Waals surface area contributed by atoms with Crippen LogP contribution in [0, 0.1) is 20.8 Å². The minimum Gasteiger partial charge on any atom is -0.405 e. The standard InChI is InChI=1S/C19H17F3N4O2/c1-10-11(2)23-17-14-8-25(9-15(14)24-26(17)12(10)3)18(27)13-6-4-5-7-16(13)28-19(20,21)22/h4-7H,8-9H2,1-3H3. The van der Waals surface area contributed by atoms with Gasteiger partial charge in [0.05, 0.1) is 24.3 Å². The number of carbonyl (C=O) groups excluding carboxylic acids is 1. The van der Waals surface area contributed by atoms with E-state index >= 15 is 0 Å². The number of rotatable bonds is 2. The largest absolute Gasteiger partial charge is 0.573 e. The van der Waals surface area contributed by atoms with Gasteiger partial charge >= 0.3 is 6.36 Å². The number of fused-ring (bicyclic) bond motifs is 3. The fourth-order valence-corrected chi connectivity index (χ4v) is 3.38. The predicted octanol–water partition coefficient (Wildman–Crippen LogP) is 3.71. The van der Waals surface area contributed by atoms with Gasteiger partial charge in [0.15, 0.2) is 5.65 Å². The van der Waals surface area contributed by atoms with Crippen molar-refractivity contribution in [3.05, 3.63) is 58.0 Å². The lowest BCUT2D eigenvalue weighted by atomic mass is 10.1. The fraction of sp³-hybridized carbons (Fsp3) is 0.316. The number of benzene rings is 1. The Kier molecular flexibility index (Phi) is 4.06. The summed E-state index contributed by atoms with van der Waals surface area (Å²) in [5, 5.41) is 4.55. The Bertz CT molecular complexity index is 1100. The number of hydrogen-bond donors (Lipinski definition) is 0. The molecule has 1 aromatic carbocycles. The Morgan fingerprint density at radius 3 is 2.57 bits per heavy atom. The number of ether oxygens (including phenoxy) is 1. The maximum Gasteiger partial charge on any atom is 0.573 e. The highest BCUT2D eigenvalue weighted by atomic mass is 19.4. The van der Waals surface area contributed by atoms with Gasteiger partial charge in [-0.15, -0.1) is 13.2 Å². The zero-order chi connectivity index (χ0) is 20.2. The van der Waals surface area contributed by atoms with Crippen molar-refractivity contribution in [2.75, 3.05) is 0 Å². The van der Waals surface area contributed by atoms with Gasteiger partial charge in [0.25, 0.3) is 5.91 Å². The average Bonchev–Trinajstić information content (AvgIpc) is 3.17. The first-order valence-corrected chi connectivity index (χ1v) is 8.64. The van der Waals surface area contributed by atoms with Gasteiger partial charge in [0.1, 0.15) is 5.75 Å². The Morgan fingerprint density at radius 1 is 1.14 bits per heavy atom. The molecule has 0 radical (unpaired) electrons. The number of nitrogens with zero attached hydrogens (tertiary/aromatic N) is 4. The van der Waals surface area contributed by atoms with E-state index in [4.69, 9.17) is 0 Å². The molecule has 0 saturated heterocycles. The van der Waals surface area contributed by atoms with Crippen LogP contribution in [-0.4, -0.2) is 31.8 Å². The van der Waals surface area contributed by atoms with Gasteiger partial charge in [-0.3, -0.25) is 4.79 Å². The van der Waals surface area contributed by atoms with Crippen molar-refractivity contribution in [1.82, 2.24) is 19.5 Å². The Balaban J connectivity index is 1.67. The molecule has 0 N–H and O–H groups in total. The van der Waals surface area contributed by atoms with Crippen molar-refractivity contribution in [3.8, 4) is 5.75 Å². The summed E-state index contributed by atoms with van der Waals surface area (Å²) in [7, 11) is 0.